The molecule has 0 aliphatic carbocycles. The summed E-state index contributed by atoms with van der Waals surface area (Å²) in [4.78, 5) is 70.0. The number of nitrogens with two attached hydrogens (primary N) is 1. The number of carbonyl (C=O) groups is 5. The van der Waals surface area contributed by atoms with Crippen LogP contribution < -0.4 is 36.9 Å². The Morgan fingerprint density at radius 3 is 2.25 bits per heavy atom. The number of nitrogens with zero attached hydrogens (tertiary/aromatic N) is 4. The Labute approximate surface area is 402 Å². The molecule has 0 radical (unpaired) electrons. The molecule has 0 saturated carbocycles. The monoisotopic (exact) mass is 951 g/mol. The Balaban J connectivity index is 1.01. The fraction of sp³-hybridized carbons (Fsp3) is 0.480. The van der Waals surface area contributed by atoms with E-state index in [0.717, 1.165) is 36.9 Å². The summed E-state index contributed by atoms with van der Waals surface area (Å²) >= 11 is 0. The highest BCUT2D eigenvalue weighted by molar-refractivity contribution is 6.16. The van der Waals surface area contributed by atoms with Gasteiger partial charge in [0.1, 0.15) is 25.2 Å². The van der Waals surface area contributed by atoms with E-state index in [2.05, 4.69) is 103 Å². The number of benzene rings is 3. The van der Waals surface area contributed by atoms with Crippen LogP contribution in [-0.4, -0.2) is 106 Å². The van der Waals surface area contributed by atoms with Crippen molar-refractivity contribution in [2.45, 2.75) is 91.3 Å². The average molecular weight is 951 g/mol. The first-order chi connectivity index (χ1) is 33.4. The number of nitrogens with one attached hydrogen (secondary N) is 6. The van der Waals surface area contributed by atoms with E-state index in [-0.39, 0.29) is 57.8 Å². The summed E-state index contributed by atoms with van der Waals surface area (Å²) in [6, 6.07) is 15.2. The number of unbranched alkanes of at least 4 members (excludes halogenated alkanes) is 2. The number of aromatic amines is 1. The maximum atomic E-state index is 13.6. The summed E-state index contributed by atoms with van der Waals surface area (Å²) in [5, 5.41) is 22.3. The molecule has 0 saturated heterocycles. The molecule has 0 bridgehead atoms. The number of azide groups is 1. The van der Waals surface area contributed by atoms with Crippen LogP contribution in [0, 0.1) is 19.8 Å². The van der Waals surface area contributed by atoms with E-state index >= 15 is 0 Å². The lowest BCUT2D eigenvalue weighted by Gasteiger charge is -2.25. The van der Waals surface area contributed by atoms with Crippen molar-refractivity contribution in [3.05, 3.63) is 94.1 Å². The van der Waals surface area contributed by atoms with E-state index in [1.165, 1.54) is 38.2 Å². The predicted molar refractivity (Wildman–Crippen MR) is 265 cm³/mol. The van der Waals surface area contributed by atoms with Crippen molar-refractivity contribution < 1.29 is 42.8 Å². The van der Waals surface area contributed by atoms with Crippen molar-refractivity contribution in [3.8, 4) is 0 Å². The standard InChI is InChI=1S/C50H67N11O8/c1-33(2)46(59-44(63)32-69-30-29-68-28-27-67-26-23-55-60-52)49(65)58-42(13-10-22-54-50(51)66)48(64)56-37-17-14-36(15-18-37)16-19-43(62)53-21-8-5-9-24-61-25-20-38-35(4)47-45(34(3)40(38)31-61)39-11-6-7-12-41(39)57-47/h6-7,11-12,14-15,17-18,20,25,31,33,42,46H,5,8-10,13,16,19,21-24,26-30,32H2,1-4H3,(H7,51,53,54,56,58,59,62,63,64,65,66)/p+1. The zero-order chi connectivity index (χ0) is 49.5. The van der Waals surface area contributed by atoms with Gasteiger partial charge in [-0.3, -0.25) is 19.2 Å². The van der Waals surface area contributed by atoms with Gasteiger partial charge in [0.05, 0.1) is 38.6 Å². The molecule has 2 aromatic heterocycles. The lowest BCUT2D eigenvalue weighted by atomic mass is 9.97. The minimum Gasteiger partial charge on any atom is -0.379 e. The lowest BCUT2D eigenvalue weighted by Crippen LogP contribution is -2.55. The number of aryl methyl sites for hydroxylation is 4. The van der Waals surface area contributed by atoms with Crippen LogP contribution in [0.5, 0.6) is 0 Å². The molecule has 0 fully saturated rings. The molecule has 2 unspecified atom stereocenters. The van der Waals surface area contributed by atoms with Gasteiger partial charge in [-0.25, -0.2) is 9.36 Å². The number of anilines is 1. The largest absolute Gasteiger partial charge is 0.379 e. The molecule has 370 valence electrons. The number of ether oxygens (including phenoxy) is 3. The summed E-state index contributed by atoms with van der Waals surface area (Å²) in [6.07, 6.45) is 8.63. The van der Waals surface area contributed by atoms with Crippen LogP contribution in [0.25, 0.3) is 43.0 Å². The van der Waals surface area contributed by atoms with Crippen molar-refractivity contribution >= 4 is 67.9 Å². The van der Waals surface area contributed by atoms with Gasteiger partial charge in [0.25, 0.3) is 0 Å². The van der Waals surface area contributed by atoms with Crippen LogP contribution in [-0.2, 0) is 46.4 Å². The molecule has 3 aromatic carbocycles. The van der Waals surface area contributed by atoms with Gasteiger partial charge in [-0.1, -0.05) is 49.3 Å². The lowest BCUT2D eigenvalue weighted by molar-refractivity contribution is -0.696. The second kappa shape index (κ2) is 27.9. The van der Waals surface area contributed by atoms with Gasteiger partial charge in [-0.2, -0.15) is 0 Å². The maximum absolute atomic E-state index is 13.6. The van der Waals surface area contributed by atoms with E-state index in [9.17, 15) is 24.0 Å². The second-order valence-electron chi connectivity index (χ2n) is 17.3. The number of hydrogen-bond donors (Lipinski definition) is 7. The molecular formula is C50H68N11O8+. The first-order valence-corrected chi connectivity index (χ1v) is 23.7. The molecule has 0 aliphatic rings. The molecule has 2 heterocycles. The number of primary amides is 1. The third-order valence-electron chi connectivity index (χ3n) is 11.8. The summed E-state index contributed by atoms with van der Waals surface area (Å²) < 4.78 is 18.3. The maximum Gasteiger partial charge on any atom is 0.312 e. The number of fused-ring (bicyclic) bond motifs is 4. The molecule has 2 atom stereocenters. The molecule has 6 amide bonds. The summed E-state index contributed by atoms with van der Waals surface area (Å²) in [5.41, 5.74) is 19.8. The summed E-state index contributed by atoms with van der Waals surface area (Å²) in [6.45, 7) is 10.8. The van der Waals surface area contributed by atoms with Gasteiger partial charge in [-0.05, 0) is 97.7 Å². The Kier molecular flexibility index (Phi) is 21.5. The molecule has 5 rings (SSSR count). The second-order valence-corrected chi connectivity index (χ2v) is 17.3. The zero-order valence-electron chi connectivity index (χ0n) is 40.2. The predicted octanol–water partition coefficient (Wildman–Crippen LogP) is 5.67. The molecule has 19 nitrogen and oxygen atoms in total. The molecule has 5 aromatic rings. The highest BCUT2D eigenvalue weighted by atomic mass is 16.5. The Morgan fingerprint density at radius 1 is 0.783 bits per heavy atom. The van der Waals surface area contributed by atoms with Gasteiger partial charge in [0, 0.05) is 70.8 Å². The van der Waals surface area contributed by atoms with Gasteiger partial charge in [0.15, 0.2) is 12.4 Å². The van der Waals surface area contributed by atoms with Crippen LogP contribution in [0.2, 0.25) is 0 Å². The minimum atomic E-state index is -1.01. The minimum absolute atomic E-state index is 0.0250. The number of amides is 6. The van der Waals surface area contributed by atoms with Gasteiger partial charge in [0.2, 0.25) is 23.6 Å². The molecular weight excluding hydrogens is 883 g/mol. The number of rotatable bonds is 30. The highest BCUT2D eigenvalue weighted by Crippen LogP contribution is 2.35. The third kappa shape index (κ3) is 16.7. The Bertz CT molecular complexity index is 2560. The number of carbonyl (C=O) groups excluding carboxylic acids is 5. The molecule has 0 spiro atoms. The first kappa shape index (κ1) is 53.2. The van der Waals surface area contributed by atoms with Gasteiger partial charge < -0.3 is 51.5 Å². The van der Waals surface area contributed by atoms with Crippen LogP contribution >= 0.6 is 0 Å². The number of para-hydroxylation sites is 1. The van der Waals surface area contributed by atoms with E-state index in [4.69, 9.17) is 25.5 Å². The van der Waals surface area contributed by atoms with Crippen LogP contribution in [0.3, 0.4) is 0 Å². The Hall–Kier alpha value is -6.79. The number of urea groups is 1. The summed E-state index contributed by atoms with van der Waals surface area (Å²) in [5.74, 6) is -1.92. The smallest absolute Gasteiger partial charge is 0.312 e. The fourth-order valence-corrected chi connectivity index (χ4v) is 8.09. The number of H-pyrrole nitrogens is 1. The fourth-order valence-electron chi connectivity index (χ4n) is 8.09. The molecule has 69 heavy (non-hydrogen) atoms. The molecule has 8 N–H and O–H groups in total. The third-order valence-corrected chi connectivity index (χ3v) is 11.8. The normalized spacial score (nSPS) is 12.1. The van der Waals surface area contributed by atoms with Crippen molar-refractivity contribution in [2.75, 3.05) is 64.6 Å². The van der Waals surface area contributed by atoms with Crippen molar-refractivity contribution in [2.24, 2.45) is 16.8 Å². The van der Waals surface area contributed by atoms with Crippen molar-refractivity contribution in [1.82, 2.24) is 26.3 Å². The topological polar surface area (TPSA) is 268 Å². The highest BCUT2D eigenvalue weighted by Gasteiger charge is 2.29. The van der Waals surface area contributed by atoms with E-state index < -0.39 is 35.8 Å². The SMILES string of the molecule is Cc1c2cc[n+](CCCCCNC(=O)CCc3ccc(NC(=O)C(CCCNC(N)=O)NC(=O)C(NC(=O)COCCOCCOCCN=[N+]=[N-])C(C)C)cc3)cc2c(C)c2c1[nH]c1ccccc12. The average Bonchev–Trinajstić information content (AvgIpc) is 3.73. The van der Waals surface area contributed by atoms with Crippen LogP contribution in [0.1, 0.15) is 69.1 Å². The quantitative estimate of drug-likeness (QED) is 0.00989. The van der Waals surface area contributed by atoms with Crippen molar-refractivity contribution in [1.29, 1.82) is 0 Å². The number of hydrogen-bond acceptors (Lipinski definition) is 9. The first-order valence-electron chi connectivity index (χ1n) is 23.7. The van der Waals surface area contributed by atoms with E-state index in [1.54, 1.807) is 26.0 Å². The van der Waals surface area contributed by atoms with E-state index in [0.29, 0.717) is 44.7 Å². The number of pyridine rings is 1. The van der Waals surface area contributed by atoms with Crippen LogP contribution in [0.4, 0.5) is 10.5 Å². The van der Waals surface area contributed by atoms with E-state index in [1.807, 2.05) is 12.1 Å². The molecule has 19 heteroatoms. The Morgan fingerprint density at radius 2 is 1.51 bits per heavy atom. The molecule has 0 aliphatic heterocycles. The zero-order valence-corrected chi connectivity index (χ0v) is 40.2. The van der Waals surface area contributed by atoms with Gasteiger partial charge >= 0.3 is 6.03 Å². The summed E-state index contributed by atoms with van der Waals surface area (Å²) in [7, 11) is 0. The van der Waals surface area contributed by atoms with Gasteiger partial charge in [-0.15, -0.1) is 0 Å². The van der Waals surface area contributed by atoms with Crippen LogP contribution in [0.15, 0.2) is 72.1 Å². The van der Waals surface area contributed by atoms with Crippen molar-refractivity contribution in [3.63, 3.8) is 0 Å². The number of aromatic nitrogens is 2.